The van der Waals surface area contributed by atoms with Crippen LogP contribution in [0, 0.1) is 0 Å². The molecule has 0 radical (unpaired) electrons. The minimum Gasteiger partial charge on any atom is -0.354 e. The highest BCUT2D eigenvalue weighted by Gasteiger charge is 2.50. The number of amides is 4. The van der Waals surface area contributed by atoms with Gasteiger partial charge in [-0.3, -0.25) is 19.5 Å². The van der Waals surface area contributed by atoms with Gasteiger partial charge in [0.15, 0.2) is 5.54 Å². The van der Waals surface area contributed by atoms with Gasteiger partial charge in [0.1, 0.15) is 6.54 Å². The minimum absolute atomic E-state index is 0.292. The van der Waals surface area contributed by atoms with Crippen LogP contribution in [0.1, 0.15) is 18.2 Å². The van der Waals surface area contributed by atoms with E-state index in [1.807, 2.05) is 6.07 Å². The molecule has 1 fully saturated rings. The van der Waals surface area contributed by atoms with Crippen molar-refractivity contribution in [3.8, 4) is 0 Å². The first kappa shape index (κ1) is 20.1. The summed E-state index contributed by atoms with van der Waals surface area (Å²) in [5.74, 6) is -0.976. The number of carbonyl (C=O) groups is 3. The molecule has 1 aliphatic rings. The first-order valence-electron chi connectivity index (χ1n) is 8.58. The van der Waals surface area contributed by atoms with Crippen LogP contribution in [0.4, 0.5) is 4.79 Å². The van der Waals surface area contributed by atoms with Crippen molar-refractivity contribution in [3.63, 3.8) is 0 Å². The molecule has 1 unspecified atom stereocenters. The fourth-order valence-electron chi connectivity index (χ4n) is 2.95. The molecule has 146 valence electrons. The monoisotopic (exact) mass is 420 g/mol. The molecular weight excluding hydrogens is 403 g/mol. The van der Waals surface area contributed by atoms with Crippen LogP contribution in [-0.4, -0.2) is 40.8 Å². The van der Waals surface area contributed by atoms with Crippen LogP contribution in [0.3, 0.4) is 0 Å². The van der Waals surface area contributed by atoms with E-state index in [0.29, 0.717) is 28.7 Å². The molecule has 0 aliphatic carbocycles. The zero-order valence-electron chi connectivity index (χ0n) is 15.0. The number of hydrogen-bond acceptors (Lipinski definition) is 4. The Hall–Kier alpha value is -2.64. The van der Waals surface area contributed by atoms with Gasteiger partial charge < -0.3 is 10.6 Å². The third kappa shape index (κ3) is 3.95. The highest BCUT2D eigenvalue weighted by atomic mass is 35.5. The highest BCUT2D eigenvalue weighted by molar-refractivity contribution is 6.42. The lowest BCUT2D eigenvalue weighted by Gasteiger charge is -2.20. The van der Waals surface area contributed by atoms with Crippen molar-refractivity contribution >= 4 is 41.0 Å². The molecule has 2 heterocycles. The molecule has 2 N–H and O–H groups in total. The summed E-state index contributed by atoms with van der Waals surface area (Å²) in [4.78, 5) is 42.2. The molecule has 3 rings (SSSR count). The Balaban J connectivity index is 1.59. The number of halogens is 2. The predicted octanol–water partition coefficient (Wildman–Crippen LogP) is 2.51. The summed E-state index contributed by atoms with van der Waals surface area (Å²) in [6, 6.07) is 9.73. The number of nitrogens with zero attached hydrogens (tertiary/aromatic N) is 2. The Bertz CT molecular complexity index is 923. The van der Waals surface area contributed by atoms with Gasteiger partial charge in [0.05, 0.1) is 15.7 Å². The number of rotatable bonds is 6. The molecule has 7 nitrogen and oxygen atoms in total. The number of benzene rings is 1. The quantitative estimate of drug-likeness (QED) is 0.702. The van der Waals surface area contributed by atoms with Gasteiger partial charge in [-0.2, -0.15) is 0 Å². The summed E-state index contributed by atoms with van der Waals surface area (Å²) >= 11 is 12.1. The van der Waals surface area contributed by atoms with E-state index in [2.05, 4.69) is 15.6 Å². The summed E-state index contributed by atoms with van der Waals surface area (Å²) in [7, 11) is 0. The maximum Gasteiger partial charge on any atom is 0.325 e. The van der Waals surface area contributed by atoms with Crippen LogP contribution < -0.4 is 10.6 Å². The van der Waals surface area contributed by atoms with E-state index in [-0.39, 0.29) is 6.54 Å². The summed E-state index contributed by atoms with van der Waals surface area (Å²) in [5, 5.41) is 6.18. The van der Waals surface area contributed by atoms with Crippen molar-refractivity contribution in [1.82, 2.24) is 20.5 Å². The second-order valence-corrected chi connectivity index (χ2v) is 7.26. The molecule has 1 aromatic carbocycles. The lowest BCUT2D eigenvalue weighted by Crippen LogP contribution is -2.43. The number of carbonyl (C=O) groups excluding carboxylic acids is 3. The predicted molar refractivity (Wildman–Crippen MR) is 105 cm³/mol. The van der Waals surface area contributed by atoms with E-state index in [1.54, 1.807) is 37.3 Å². The molecule has 0 bridgehead atoms. The van der Waals surface area contributed by atoms with Gasteiger partial charge in [-0.15, -0.1) is 0 Å². The van der Waals surface area contributed by atoms with E-state index in [1.165, 1.54) is 6.20 Å². The molecule has 1 aliphatic heterocycles. The summed E-state index contributed by atoms with van der Waals surface area (Å²) in [5.41, 5.74) is -0.0912. The van der Waals surface area contributed by atoms with Crippen molar-refractivity contribution in [3.05, 3.63) is 63.9 Å². The number of imide groups is 1. The smallest absolute Gasteiger partial charge is 0.325 e. The first-order valence-corrected chi connectivity index (χ1v) is 9.33. The molecule has 9 heteroatoms. The molecule has 1 aromatic heterocycles. The van der Waals surface area contributed by atoms with Gasteiger partial charge in [-0.05, 0) is 37.1 Å². The number of nitrogens with one attached hydrogen (secondary N) is 2. The van der Waals surface area contributed by atoms with Crippen molar-refractivity contribution in [1.29, 1.82) is 0 Å². The molecule has 1 atom stereocenters. The Kier molecular flexibility index (Phi) is 5.86. The van der Waals surface area contributed by atoms with Crippen LogP contribution in [0.5, 0.6) is 0 Å². The molecule has 0 saturated carbocycles. The van der Waals surface area contributed by atoms with Gasteiger partial charge in [-0.25, -0.2) is 4.79 Å². The molecule has 1 saturated heterocycles. The average Bonchev–Trinajstić information content (AvgIpc) is 2.90. The number of pyridine rings is 1. The van der Waals surface area contributed by atoms with Crippen molar-refractivity contribution < 1.29 is 14.4 Å². The zero-order valence-corrected chi connectivity index (χ0v) is 16.5. The van der Waals surface area contributed by atoms with E-state index in [4.69, 9.17) is 23.2 Å². The van der Waals surface area contributed by atoms with Crippen LogP contribution in [-0.2, 0) is 21.5 Å². The van der Waals surface area contributed by atoms with E-state index in [0.717, 1.165) is 10.5 Å². The number of urea groups is 1. The molecule has 28 heavy (non-hydrogen) atoms. The minimum atomic E-state index is -1.30. The maximum atomic E-state index is 12.7. The van der Waals surface area contributed by atoms with Crippen LogP contribution in [0.2, 0.25) is 10.0 Å². The molecule has 0 spiro atoms. The molecular formula is C19H18Cl2N4O3. The highest BCUT2D eigenvalue weighted by Crippen LogP contribution is 2.27. The fourth-order valence-corrected chi connectivity index (χ4v) is 3.36. The van der Waals surface area contributed by atoms with Gasteiger partial charge in [-0.1, -0.05) is 41.4 Å². The second kappa shape index (κ2) is 8.16. The summed E-state index contributed by atoms with van der Waals surface area (Å²) in [6.07, 6.45) is 2.01. The van der Waals surface area contributed by atoms with Gasteiger partial charge in [0, 0.05) is 12.7 Å². The van der Waals surface area contributed by atoms with Gasteiger partial charge in [0.25, 0.3) is 5.91 Å². The summed E-state index contributed by atoms with van der Waals surface area (Å²) < 4.78 is 0. The van der Waals surface area contributed by atoms with Gasteiger partial charge >= 0.3 is 6.03 Å². The maximum absolute atomic E-state index is 12.7. The van der Waals surface area contributed by atoms with E-state index >= 15 is 0 Å². The lowest BCUT2D eigenvalue weighted by atomic mass is 9.97. The number of aromatic nitrogens is 1. The van der Waals surface area contributed by atoms with Crippen molar-refractivity contribution in [2.75, 3.05) is 13.1 Å². The average molecular weight is 421 g/mol. The third-order valence-electron chi connectivity index (χ3n) is 4.50. The third-order valence-corrected chi connectivity index (χ3v) is 5.36. The Labute approximate surface area is 172 Å². The Morgan fingerprint density at radius 2 is 2.00 bits per heavy atom. The standard InChI is InChI=1S/C19H18Cl2N4O3/c1-19(14-7-2-3-9-22-14)17(27)25(18(28)24-19)11-15(26)23-10-8-12-5-4-6-13(20)16(12)21/h2-7,9H,8,10-11H2,1H3,(H,23,26)(H,24,28). The largest absolute Gasteiger partial charge is 0.354 e. The lowest BCUT2D eigenvalue weighted by molar-refractivity contribution is -0.134. The first-order chi connectivity index (χ1) is 13.3. The van der Waals surface area contributed by atoms with Crippen molar-refractivity contribution in [2.45, 2.75) is 18.9 Å². The van der Waals surface area contributed by atoms with Crippen LogP contribution in [0.25, 0.3) is 0 Å². The Morgan fingerprint density at radius 1 is 1.21 bits per heavy atom. The zero-order chi connectivity index (χ0) is 20.3. The van der Waals surface area contributed by atoms with Crippen LogP contribution >= 0.6 is 23.2 Å². The van der Waals surface area contributed by atoms with Crippen LogP contribution in [0.15, 0.2) is 42.6 Å². The second-order valence-electron chi connectivity index (χ2n) is 6.47. The normalized spacial score (nSPS) is 18.9. The molecule has 4 amide bonds. The number of hydrogen-bond donors (Lipinski definition) is 2. The van der Waals surface area contributed by atoms with E-state index < -0.39 is 23.4 Å². The van der Waals surface area contributed by atoms with Gasteiger partial charge in [0.2, 0.25) is 5.91 Å². The van der Waals surface area contributed by atoms with Crippen molar-refractivity contribution in [2.24, 2.45) is 0 Å². The summed E-state index contributed by atoms with van der Waals surface area (Å²) in [6.45, 7) is 1.48. The topological polar surface area (TPSA) is 91.4 Å². The SMILES string of the molecule is CC1(c2ccccn2)NC(=O)N(CC(=O)NCCc2cccc(Cl)c2Cl)C1=O. The van der Waals surface area contributed by atoms with E-state index in [9.17, 15) is 14.4 Å². The Morgan fingerprint density at radius 3 is 2.71 bits per heavy atom. The fraction of sp³-hybridized carbons (Fsp3) is 0.263. The molecule has 2 aromatic rings.